The largest absolute Gasteiger partial charge is 0.493 e. The van der Waals surface area contributed by atoms with Gasteiger partial charge in [-0.1, -0.05) is 36.4 Å². The Kier molecular flexibility index (Phi) is 5.53. The molecule has 0 saturated heterocycles. The van der Waals surface area contributed by atoms with Gasteiger partial charge in [-0.3, -0.25) is 4.79 Å². The second kappa shape index (κ2) is 8.01. The second-order valence-corrected chi connectivity index (χ2v) is 6.31. The van der Waals surface area contributed by atoms with E-state index in [4.69, 9.17) is 9.47 Å². The van der Waals surface area contributed by atoms with Crippen LogP contribution in [0.25, 0.3) is 10.8 Å². The predicted octanol–water partition coefficient (Wildman–Crippen LogP) is 4.38. The number of nitrogens with one attached hydrogen (secondary N) is 1. The zero-order valence-corrected chi connectivity index (χ0v) is 15.9. The Balaban J connectivity index is 1.81. The van der Waals surface area contributed by atoms with Crippen molar-refractivity contribution in [2.75, 3.05) is 14.2 Å². The number of amides is 1. The van der Waals surface area contributed by atoms with Crippen LogP contribution in [0.1, 0.15) is 15.9 Å². The molecule has 3 aromatic carbocycles. The zero-order chi connectivity index (χ0) is 18.5. The molecule has 26 heavy (non-hydrogen) atoms. The highest BCUT2D eigenvalue weighted by molar-refractivity contribution is 9.10. The van der Waals surface area contributed by atoms with Crippen LogP contribution >= 0.6 is 15.9 Å². The average molecular weight is 413 g/mol. The van der Waals surface area contributed by atoms with E-state index >= 15 is 0 Å². The van der Waals surface area contributed by atoms with Crippen molar-refractivity contribution in [3.05, 3.63) is 70.2 Å². The number of carbonyl (C=O) groups is 1. The van der Waals surface area contributed by atoms with Gasteiger partial charge < -0.3 is 9.47 Å². The van der Waals surface area contributed by atoms with E-state index in [0.717, 1.165) is 20.8 Å². The smallest absolute Gasteiger partial charge is 0.271 e. The van der Waals surface area contributed by atoms with Crippen LogP contribution in [0.2, 0.25) is 0 Å². The SMILES string of the molecule is COc1cc(Br)c(/C=N/NC(=O)c2cccc3ccccc23)cc1OC. The number of methoxy groups -OCH3 is 2. The Hall–Kier alpha value is -2.86. The normalized spacial score (nSPS) is 10.9. The molecule has 3 rings (SSSR count). The van der Waals surface area contributed by atoms with Gasteiger partial charge in [-0.25, -0.2) is 5.43 Å². The van der Waals surface area contributed by atoms with E-state index in [0.29, 0.717) is 17.1 Å². The lowest BCUT2D eigenvalue weighted by Crippen LogP contribution is -2.18. The van der Waals surface area contributed by atoms with Crippen molar-refractivity contribution in [3.63, 3.8) is 0 Å². The monoisotopic (exact) mass is 412 g/mol. The van der Waals surface area contributed by atoms with E-state index in [-0.39, 0.29) is 5.91 Å². The van der Waals surface area contributed by atoms with Crippen molar-refractivity contribution in [2.24, 2.45) is 5.10 Å². The average Bonchev–Trinajstić information content (AvgIpc) is 2.68. The van der Waals surface area contributed by atoms with Gasteiger partial charge in [-0.15, -0.1) is 0 Å². The molecular weight excluding hydrogens is 396 g/mol. The summed E-state index contributed by atoms with van der Waals surface area (Å²) in [4.78, 5) is 12.5. The number of carbonyl (C=O) groups excluding carboxylic acids is 1. The quantitative estimate of drug-likeness (QED) is 0.499. The van der Waals surface area contributed by atoms with Crippen LogP contribution in [0.3, 0.4) is 0 Å². The van der Waals surface area contributed by atoms with Crippen molar-refractivity contribution < 1.29 is 14.3 Å². The van der Waals surface area contributed by atoms with E-state index < -0.39 is 0 Å². The van der Waals surface area contributed by atoms with E-state index in [2.05, 4.69) is 26.5 Å². The molecule has 1 N–H and O–H groups in total. The Labute approximate surface area is 159 Å². The topological polar surface area (TPSA) is 59.9 Å². The summed E-state index contributed by atoms with van der Waals surface area (Å²) < 4.78 is 11.3. The highest BCUT2D eigenvalue weighted by Crippen LogP contribution is 2.32. The van der Waals surface area contributed by atoms with Crippen LogP contribution in [0.15, 0.2) is 64.2 Å². The number of rotatable bonds is 5. The molecule has 0 fully saturated rings. The fourth-order valence-corrected chi connectivity index (χ4v) is 3.04. The molecule has 0 atom stereocenters. The summed E-state index contributed by atoms with van der Waals surface area (Å²) in [5.41, 5.74) is 3.90. The standard InChI is InChI=1S/C20H17BrN2O3/c1-25-18-10-14(17(21)11-19(18)26-2)12-22-23-20(24)16-9-5-7-13-6-3-4-8-15(13)16/h3-12H,1-2H3,(H,23,24)/b22-12+. The van der Waals surface area contributed by atoms with Crippen LogP contribution in [0.4, 0.5) is 0 Å². The Morgan fingerprint density at radius 1 is 1.04 bits per heavy atom. The van der Waals surface area contributed by atoms with Gasteiger partial charge in [0.05, 0.1) is 20.4 Å². The molecule has 0 bridgehead atoms. The van der Waals surface area contributed by atoms with Crippen molar-refractivity contribution in [2.45, 2.75) is 0 Å². The lowest BCUT2D eigenvalue weighted by atomic mass is 10.0. The van der Waals surface area contributed by atoms with Gasteiger partial charge in [0.15, 0.2) is 11.5 Å². The van der Waals surface area contributed by atoms with E-state index in [1.807, 2.05) is 36.4 Å². The van der Waals surface area contributed by atoms with Crippen LogP contribution in [-0.4, -0.2) is 26.3 Å². The number of benzene rings is 3. The Morgan fingerprint density at radius 2 is 1.73 bits per heavy atom. The minimum absolute atomic E-state index is 0.269. The minimum atomic E-state index is -0.269. The van der Waals surface area contributed by atoms with Gasteiger partial charge in [0.1, 0.15) is 0 Å². The maximum atomic E-state index is 12.5. The fourth-order valence-electron chi connectivity index (χ4n) is 2.61. The number of hydrogen-bond donors (Lipinski definition) is 1. The van der Waals surface area contributed by atoms with E-state index in [1.165, 1.54) is 0 Å². The third-order valence-electron chi connectivity index (χ3n) is 3.91. The highest BCUT2D eigenvalue weighted by Gasteiger charge is 2.10. The number of nitrogens with zero attached hydrogens (tertiary/aromatic N) is 1. The van der Waals surface area contributed by atoms with Crippen molar-refractivity contribution >= 4 is 38.8 Å². The Morgan fingerprint density at radius 3 is 2.50 bits per heavy atom. The number of hydrazone groups is 1. The first-order chi connectivity index (χ1) is 12.6. The molecule has 0 aliphatic rings. The highest BCUT2D eigenvalue weighted by atomic mass is 79.9. The molecular formula is C20H17BrN2O3. The molecule has 0 saturated carbocycles. The Bertz CT molecular complexity index is 981. The van der Waals surface area contributed by atoms with Crippen LogP contribution in [-0.2, 0) is 0 Å². The molecule has 0 unspecified atom stereocenters. The molecule has 132 valence electrons. The van der Waals surface area contributed by atoms with Gasteiger partial charge in [0, 0.05) is 15.6 Å². The summed E-state index contributed by atoms with van der Waals surface area (Å²) in [5.74, 6) is 0.920. The van der Waals surface area contributed by atoms with Crippen molar-refractivity contribution in [1.29, 1.82) is 0 Å². The lowest BCUT2D eigenvalue weighted by molar-refractivity contribution is 0.0957. The van der Waals surface area contributed by atoms with Gasteiger partial charge in [0.25, 0.3) is 5.91 Å². The maximum Gasteiger partial charge on any atom is 0.271 e. The molecule has 0 aliphatic carbocycles. The fraction of sp³-hybridized carbons (Fsp3) is 0.100. The predicted molar refractivity (Wildman–Crippen MR) is 106 cm³/mol. The van der Waals surface area contributed by atoms with Gasteiger partial charge >= 0.3 is 0 Å². The molecule has 0 radical (unpaired) electrons. The minimum Gasteiger partial charge on any atom is -0.493 e. The summed E-state index contributed by atoms with van der Waals surface area (Å²) in [7, 11) is 3.14. The van der Waals surface area contributed by atoms with Crippen LogP contribution in [0.5, 0.6) is 11.5 Å². The van der Waals surface area contributed by atoms with Gasteiger partial charge in [-0.05, 0) is 44.9 Å². The van der Waals surface area contributed by atoms with Crippen molar-refractivity contribution in [1.82, 2.24) is 5.43 Å². The summed E-state index contributed by atoms with van der Waals surface area (Å²) in [6.45, 7) is 0. The van der Waals surface area contributed by atoms with Crippen molar-refractivity contribution in [3.8, 4) is 11.5 Å². The molecule has 1 amide bonds. The third-order valence-corrected chi connectivity index (χ3v) is 4.59. The summed E-state index contributed by atoms with van der Waals surface area (Å²) >= 11 is 3.46. The van der Waals surface area contributed by atoms with E-state index in [1.54, 1.807) is 38.6 Å². The molecule has 0 heterocycles. The molecule has 0 spiro atoms. The molecule has 5 nitrogen and oxygen atoms in total. The lowest BCUT2D eigenvalue weighted by Gasteiger charge is -2.09. The first-order valence-electron chi connectivity index (χ1n) is 7.86. The number of fused-ring (bicyclic) bond motifs is 1. The zero-order valence-electron chi connectivity index (χ0n) is 14.3. The maximum absolute atomic E-state index is 12.5. The summed E-state index contributed by atoms with van der Waals surface area (Å²) in [6, 6.07) is 16.9. The second-order valence-electron chi connectivity index (χ2n) is 5.45. The van der Waals surface area contributed by atoms with Crippen LogP contribution in [0, 0.1) is 0 Å². The number of halogens is 1. The molecule has 3 aromatic rings. The third kappa shape index (κ3) is 3.70. The first-order valence-corrected chi connectivity index (χ1v) is 8.66. The molecule has 0 aliphatic heterocycles. The van der Waals surface area contributed by atoms with E-state index in [9.17, 15) is 4.79 Å². The van der Waals surface area contributed by atoms with Crippen LogP contribution < -0.4 is 14.9 Å². The number of hydrogen-bond acceptors (Lipinski definition) is 4. The summed E-state index contributed by atoms with van der Waals surface area (Å²) in [5, 5.41) is 5.96. The molecule has 0 aromatic heterocycles. The molecule has 6 heteroatoms. The first kappa shape index (κ1) is 17.9. The number of ether oxygens (including phenoxy) is 2. The van der Waals surface area contributed by atoms with Gasteiger partial charge in [-0.2, -0.15) is 5.10 Å². The van der Waals surface area contributed by atoms with Gasteiger partial charge in [0.2, 0.25) is 0 Å². The summed E-state index contributed by atoms with van der Waals surface area (Å²) in [6.07, 6.45) is 1.55.